The average Bonchev–Trinajstić information content (AvgIpc) is 3.34. The van der Waals surface area contributed by atoms with Crippen LogP contribution in [0, 0.1) is 0 Å². The van der Waals surface area contributed by atoms with Gasteiger partial charge in [-0.1, -0.05) is 0 Å². The first-order chi connectivity index (χ1) is 10.9. The Morgan fingerprint density at radius 1 is 0.455 bits per heavy atom. The van der Waals surface area contributed by atoms with Gasteiger partial charge >= 0.3 is 7.87 Å². The molecule has 0 radical (unpaired) electrons. The number of nitrogens with zero attached hydrogens (tertiary/aromatic N) is 4. The molecule has 4 rings (SSSR count). The van der Waals surface area contributed by atoms with Crippen LogP contribution in [-0.2, 0) is 4.74 Å². The molecule has 0 aliphatic carbocycles. The molecule has 4 aliphatic rings. The molecule has 4 saturated heterocycles. The maximum atomic E-state index is 5.70. The second kappa shape index (κ2) is 7.00. The molecule has 4 aliphatic heterocycles. The molecule has 0 aromatic heterocycles. The zero-order chi connectivity index (χ0) is 14.8. The van der Waals surface area contributed by atoms with E-state index >= 15 is 0 Å². The van der Waals surface area contributed by atoms with Gasteiger partial charge < -0.3 is 4.74 Å². The van der Waals surface area contributed by atoms with E-state index in [-0.39, 0.29) is 0 Å². The van der Waals surface area contributed by atoms with E-state index in [1.165, 1.54) is 77.8 Å². The normalized spacial score (nSPS) is 30.5. The standard InChI is InChI=1S/C16H32N4OP/c1-2-8-17(7-1)22(18-9-3-4-10-18,19-11-5-6-12-19)20-13-15-21-16-14-20/h1-16H2/q+1. The molecular weight excluding hydrogens is 295 g/mol. The van der Waals surface area contributed by atoms with Gasteiger partial charge in [0.2, 0.25) is 0 Å². The van der Waals surface area contributed by atoms with E-state index in [1.807, 2.05) is 0 Å². The zero-order valence-electron chi connectivity index (χ0n) is 14.0. The Morgan fingerprint density at radius 3 is 1.14 bits per heavy atom. The summed E-state index contributed by atoms with van der Waals surface area (Å²) in [5.74, 6) is 0. The molecule has 0 unspecified atom stereocenters. The average molecular weight is 327 g/mol. The van der Waals surface area contributed by atoms with Crippen molar-refractivity contribution in [2.24, 2.45) is 0 Å². The number of hydrogen-bond donors (Lipinski definition) is 0. The second-order valence-corrected chi connectivity index (χ2v) is 10.4. The molecule has 126 valence electrons. The van der Waals surface area contributed by atoms with Crippen molar-refractivity contribution < 1.29 is 4.74 Å². The summed E-state index contributed by atoms with van der Waals surface area (Å²) in [6.45, 7) is 12.0. The Kier molecular flexibility index (Phi) is 5.01. The van der Waals surface area contributed by atoms with Crippen LogP contribution >= 0.6 is 7.87 Å². The maximum Gasteiger partial charge on any atom is 0.308 e. The summed E-state index contributed by atoms with van der Waals surface area (Å²) in [5.41, 5.74) is 0. The number of hydrogen-bond acceptors (Lipinski definition) is 5. The van der Waals surface area contributed by atoms with Gasteiger partial charge in [-0.15, -0.1) is 18.7 Å². The van der Waals surface area contributed by atoms with Gasteiger partial charge in [-0.3, -0.25) is 0 Å². The van der Waals surface area contributed by atoms with Crippen molar-refractivity contribution >= 4 is 7.87 Å². The van der Waals surface area contributed by atoms with Gasteiger partial charge in [-0.25, -0.2) is 0 Å². The van der Waals surface area contributed by atoms with Crippen molar-refractivity contribution in [2.75, 3.05) is 65.6 Å². The van der Waals surface area contributed by atoms with Gasteiger partial charge in [0.1, 0.15) is 0 Å². The maximum absolute atomic E-state index is 5.70. The van der Waals surface area contributed by atoms with Crippen LogP contribution in [0.25, 0.3) is 0 Å². The molecule has 0 amide bonds. The summed E-state index contributed by atoms with van der Waals surface area (Å²) in [6.07, 6.45) is 8.38. The highest BCUT2D eigenvalue weighted by Gasteiger charge is 2.63. The van der Waals surface area contributed by atoms with Crippen LogP contribution in [0.1, 0.15) is 38.5 Å². The number of ether oxygens (including phenoxy) is 1. The van der Waals surface area contributed by atoms with Crippen LogP contribution in [0.3, 0.4) is 0 Å². The fraction of sp³-hybridized carbons (Fsp3) is 1.00. The largest absolute Gasteiger partial charge is 0.378 e. The molecule has 0 N–H and O–H groups in total. The van der Waals surface area contributed by atoms with Crippen molar-refractivity contribution in [3.8, 4) is 0 Å². The van der Waals surface area contributed by atoms with E-state index in [0.717, 1.165) is 26.3 Å². The molecule has 22 heavy (non-hydrogen) atoms. The molecule has 0 aromatic carbocycles. The van der Waals surface area contributed by atoms with E-state index in [0.29, 0.717) is 0 Å². The molecule has 0 aromatic rings. The van der Waals surface area contributed by atoms with Crippen LogP contribution in [0.15, 0.2) is 0 Å². The fourth-order valence-electron chi connectivity index (χ4n) is 4.80. The summed E-state index contributed by atoms with van der Waals surface area (Å²) < 4.78 is 17.4. The van der Waals surface area contributed by atoms with Crippen LogP contribution in [0.5, 0.6) is 0 Å². The Morgan fingerprint density at radius 2 is 0.773 bits per heavy atom. The first-order valence-corrected chi connectivity index (χ1v) is 11.0. The Labute approximate surface area is 136 Å². The molecule has 0 atom stereocenters. The molecule has 0 spiro atoms. The highest BCUT2D eigenvalue weighted by atomic mass is 31.2. The van der Waals surface area contributed by atoms with Gasteiger partial charge in [-0.2, -0.15) is 0 Å². The van der Waals surface area contributed by atoms with Crippen molar-refractivity contribution in [1.29, 1.82) is 0 Å². The SMILES string of the molecule is C1CCN([P+](N2CCCC2)(N2CCCC2)N2CCOCC2)C1. The van der Waals surface area contributed by atoms with Gasteiger partial charge in [0.25, 0.3) is 0 Å². The predicted molar refractivity (Wildman–Crippen MR) is 91.7 cm³/mol. The van der Waals surface area contributed by atoms with Gasteiger partial charge in [0, 0.05) is 39.3 Å². The van der Waals surface area contributed by atoms with Crippen LogP contribution in [0.4, 0.5) is 0 Å². The third-order valence-corrected chi connectivity index (χ3v) is 10.4. The first kappa shape index (κ1) is 15.7. The molecule has 0 bridgehead atoms. The number of rotatable bonds is 4. The van der Waals surface area contributed by atoms with Crippen molar-refractivity contribution in [1.82, 2.24) is 18.7 Å². The Balaban J connectivity index is 1.71. The lowest BCUT2D eigenvalue weighted by molar-refractivity contribution is 0.0633. The summed E-state index contributed by atoms with van der Waals surface area (Å²) >= 11 is 0. The smallest absolute Gasteiger partial charge is 0.308 e. The zero-order valence-corrected chi connectivity index (χ0v) is 14.9. The van der Waals surface area contributed by atoms with E-state index < -0.39 is 7.87 Å². The second-order valence-electron chi connectivity index (χ2n) is 7.09. The lowest BCUT2D eigenvalue weighted by Crippen LogP contribution is -2.53. The molecule has 4 heterocycles. The van der Waals surface area contributed by atoms with Crippen molar-refractivity contribution in [3.63, 3.8) is 0 Å². The lowest BCUT2D eigenvalue weighted by atomic mass is 10.4. The molecule has 4 fully saturated rings. The van der Waals surface area contributed by atoms with Crippen molar-refractivity contribution in [2.45, 2.75) is 38.5 Å². The molecular formula is C16H32N4OP+. The minimum absolute atomic E-state index is 0.928. The lowest BCUT2D eigenvalue weighted by Gasteiger charge is -2.49. The van der Waals surface area contributed by atoms with E-state index in [9.17, 15) is 0 Å². The summed E-state index contributed by atoms with van der Waals surface area (Å²) in [7, 11) is -1.46. The Bertz CT molecular complexity index is 318. The minimum Gasteiger partial charge on any atom is -0.378 e. The van der Waals surface area contributed by atoms with Gasteiger partial charge in [-0.05, 0) is 38.5 Å². The van der Waals surface area contributed by atoms with Crippen LogP contribution in [0.2, 0.25) is 0 Å². The first-order valence-electron chi connectivity index (χ1n) is 9.41. The molecule has 5 nitrogen and oxygen atoms in total. The van der Waals surface area contributed by atoms with Crippen LogP contribution < -0.4 is 0 Å². The monoisotopic (exact) mass is 327 g/mol. The fourth-order valence-corrected chi connectivity index (χ4v) is 10.1. The highest BCUT2D eigenvalue weighted by molar-refractivity contribution is 7.66. The summed E-state index contributed by atoms with van der Waals surface area (Å²) in [4.78, 5) is 0. The minimum atomic E-state index is -1.46. The highest BCUT2D eigenvalue weighted by Crippen LogP contribution is 2.72. The summed E-state index contributed by atoms with van der Waals surface area (Å²) in [6, 6.07) is 0. The third kappa shape index (κ3) is 2.64. The third-order valence-electron chi connectivity index (χ3n) is 5.75. The molecule has 0 saturated carbocycles. The van der Waals surface area contributed by atoms with E-state index in [4.69, 9.17) is 4.74 Å². The van der Waals surface area contributed by atoms with Gasteiger partial charge in [0.05, 0.1) is 26.3 Å². The molecule has 6 heteroatoms. The van der Waals surface area contributed by atoms with Gasteiger partial charge in [0.15, 0.2) is 0 Å². The van der Waals surface area contributed by atoms with Crippen LogP contribution in [-0.4, -0.2) is 84.3 Å². The number of morpholine rings is 1. The topological polar surface area (TPSA) is 22.2 Å². The predicted octanol–water partition coefficient (Wildman–Crippen LogP) is 2.28. The van der Waals surface area contributed by atoms with E-state index in [2.05, 4.69) is 18.7 Å². The Hall–Kier alpha value is 0.230. The van der Waals surface area contributed by atoms with E-state index in [1.54, 1.807) is 0 Å². The summed E-state index contributed by atoms with van der Waals surface area (Å²) in [5, 5.41) is 0. The van der Waals surface area contributed by atoms with Crippen molar-refractivity contribution in [3.05, 3.63) is 0 Å². The quantitative estimate of drug-likeness (QED) is 0.737.